The first-order valence-corrected chi connectivity index (χ1v) is 6.60. The summed E-state index contributed by atoms with van der Waals surface area (Å²) >= 11 is 0. The van der Waals surface area contributed by atoms with Gasteiger partial charge in [-0.15, -0.1) is 0 Å². The monoisotopic (exact) mass is 272 g/mol. The molecule has 0 saturated carbocycles. The Bertz CT molecular complexity index is 558. The van der Waals surface area contributed by atoms with Crippen molar-refractivity contribution in [1.29, 1.82) is 0 Å². The lowest BCUT2D eigenvalue weighted by Gasteiger charge is -2.24. The summed E-state index contributed by atoms with van der Waals surface area (Å²) in [6.07, 6.45) is 3.96. The van der Waals surface area contributed by atoms with Crippen molar-refractivity contribution in [1.82, 2.24) is 15.1 Å². The van der Waals surface area contributed by atoms with Gasteiger partial charge in [0.25, 0.3) is 0 Å². The van der Waals surface area contributed by atoms with Crippen LogP contribution in [0.2, 0.25) is 0 Å². The van der Waals surface area contributed by atoms with Crippen molar-refractivity contribution in [2.75, 3.05) is 6.54 Å². The SMILES string of the molecule is CC(C)(CN)NC(=O)Cc1ccc(-n2cccn2)cc1. The van der Waals surface area contributed by atoms with Crippen molar-refractivity contribution in [3.05, 3.63) is 48.3 Å². The molecule has 2 aromatic rings. The molecule has 5 nitrogen and oxygen atoms in total. The Kier molecular flexibility index (Phi) is 4.20. The van der Waals surface area contributed by atoms with Gasteiger partial charge in [0.15, 0.2) is 0 Å². The minimum Gasteiger partial charge on any atom is -0.350 e. The zero-order valence-electron chi connectivity index (χ0n) is 11.8. The molecule has 1 amide bonds. The molecule has 3 N–H and O–H groups in total. The van der Waals surface area contributed by atoms with E-state index in [1.54, 1.807) is 10.9 Å². The van der Waals surface area contributed by atoms with E-state index < -0.39 is 0 Å². The van der Waals surface area contributed by atoms with Gasteiger partial charge < -0.3 is 11.1 Å². The van der Waals surface area contributed by atoms with Gasteiger partial charge in [-0.2, -0.15) is 5.10 Å². The molecule has 0 radical (unpaired) electrons. The summed E-state index contributed by atoms with van der Waals surface area (Å²) in [5, 5.41) is 7.08. The highest BCUT2D eigenvalue weighted by Gasteiger charge is 2.18. The number of amides is 1. The fourth-order valence-electron chi connectivity index (χ4n) is 1.85. The maximum atomic E-state index is 11.9. The lowest BCUT2D eigenvalue weighted by Crippen LogP contribution is -2.49. The number of rotatable bonds is 5. The molecule has 0 saturated heterocycles. The van der Waals surface area contributed by atoms with E-state index in [2.05, 4.69) is 10.4 Å². The molecule has 0 aliphatic rings. The third kappa shape index (κ3) is 3.68. The highest BCUT2D eigenvalue weighted by atomic mass is 16.1. The predicted molar refractivity (Wildman–Crippen MR) is 78.5 cm³/mol. The summed E-state index contributed by atoms with van der Waals surface area (Å²) < 4.78 is 1.78. The molecule has 2 rings (SSSR count). The second-order valence-corrected chi connectivity index (χ2v) is 5.43. The van der Waals surface area contributed by atoms with Crippen molar-refractivity contribution >= 4 is 5.91 Å². The third-order valence-electron chi connectivity index (χ3n) is 3.06. The number of nitrogens with one attached hydrogen (secondary N) is 1. The maximum Gasteiger partial charge on any atom is 0.224 e. The normalized spacial score (nSPS) is 11.3. The lowest BCUT2D eigenvalue weighted by atomic mass is 10.0. The topological polar surface area (TPSA) is 72.9 Å². The van der Waals surface area contributed by atoms with Crippen molar-refractivity contribution in [3.63, 3.8) is 0 Å². The van der Waals surface area contributed by atoms with Crippen molar-refractivity contribution in [2.45, 2.75) is 25.8 Å². The molecule has 20 heavy (non-hydrogen) atoms. The highest BCUT2D eigenvalue weighted by molar-refractivity contribution is 5.79. The molecular formula is C15H20N4O. The zero-order chi connectivity index (χ0) is 14.6. The van der Waals surface area contributed by atoms with Gasteiger partial charge in [0.1, 0.15) is 0 Å². The Hall–Kier alpha value is -2.14. The van der Waals surface area contributed by atoms with Gasteiger partial charge in [-0.3, -0.25) is 4.79 Å². The molecule has 5 heteroatoms. The third-order valence-corrected chi connectivity index (χ3v) is 3.06. The molecule has 0 fully saturated rings. The second kappa shape index (κ2) is 5.88. The van der Waals surface area contributed by atoms with Gasteiger partial charge in [-0.1, -0.05) is 12.1 Å². The summed E-state index contributed by atoms with van der Waals surface area (Å²) in [5.41, 5.74) is 7.17. The Morgan fingerprint density at radius 2 is 2.05 bits per heavy atom. The number of hydrogen-bond acceptors (Lipinski definition) is 3. The van der Waals surface area contributed by atoms with E-state index in [4.69, 9.17) is 5.73 Å². The fraction of sp³-hybridized carbons (Fsp3) is 0.333. The highest BCUT2D eigenvalue weighted by Crippen LogP contribution is 2.09. The molecular weight excluding hydrogens is 252 g/mol. The van der Waals surface area contributed by atoms with Crippen LogP contribution in [0.15, 0.2) is 42.7 Å². The van der Waals surface area contributed by atoms with Crippen molar-refractivity contribution in [2.24, 2.45) is 5.73 Å². The maximum absolute atomic E-state index is 11.9. The van der Waals surface area contributed by atoms with Crippen LogP contribution in [-0.4, -0.2) is 27.8 Å². The Morgan fingerprint density at radius 3 is 2.60 bits per heavy atom. The number of hydrogen-bond donors (Lipinski definition) is 2. The first-order chi connectivity index (χ1) is 9.50. The number of carbonyl (C=O) groups excluding carboxylic acids is 1. The van der Waals surface area contributed by atoms with Gasteiger partial charge in [0.2, 0.25) is 5.91 Å². The average molecular weight is 272 g/mol. The van der Waals surface area contributed by atoms with E-state index in [-0.39, 0.29) is 11.4 Å². The van der Waals surface area contributed by atoms with Crippen molar-refractivity contribution < 1.29 is 4.79 Å². The molecule has 1 heterocycles. The number of nitrogens with zero attached hydrogens (tertiary/aromatic N) is 2. The van der Waals surface area contributed by atoms with Crippen LogP contribution in [0.3, 0.4) is 0 Å². The zero-order valence-corrected chi connectivity index (χ0v) is 11.8. The average Bonchev–Trinajstić information content (AvgIpc) is 2.93. The van der Waals surface area contributed by atoms with Gasteiger partial charge in [0, 0.05) is 24.5 Å². The van der Waals surface area contributed by atoms with Crippen LogP contribution in [0.25, 0.3) is 5.69 Å². The molecule has 0 spiro atoms. The molecule has 106 valence electrons. The van der Waals surface area contributed by atoms with E-state index in [0.29, 0.717) is 13.0 Å². The van der Waals surface area contributed by atoms with Gasteiger partial charge in [-0.25, -0.2) is 4.68 Å². The van der Waals surface area contributed by atoms with Gasteiger partial charge in [-0.05, 0) is 37.6 Å². The molecule has 0 atom stereocenters. The van der Waals surface area contributed by atoms with Crippen LogP contribution in [0, 0.1) is 0 Å². The van der Waals surface area contributed by atoms with E-state index >= 15 is 0 Å². The second-order valence-electron chi connectivity index (χ2n) is 5.43. The van der Waals surface area contributed by atoms with Crippen LogP contribution >= 0.6 is 0 Å². The fourth-order valence-corrected chi connectivity index (χ4v) is 1.85. The Labute approximate surface area is 118 Å². The van der Waals surface area contributed by atoms with Crippen LogP contribution in [0.1, 0.15) is 19.4 Å². The summed E-state index contributed by atoms with van der Waals surface area (Å²) in [5.74, 6) is -0.0210. The van der Waals surface area contributed by atoms with E-state index in [1.165, 1.54) is 0 Å². The molecule has 0 aliphatic heterocycles. The number of aromatic nitrogens is 2. The van der Waals surface area contributed by atoms with Crippen molar-refractivity contribution in [3.8, 4) is 5.69 Å². The standard InChI is InChI=1S/C15H20N4O/c1-15(2,11-16)18-14(20)10-12-4-6-13(7-5-12)19-9-3-8-17-19/h3-9H,10-11,16H2,1-2H3,(H,18,20). The van der Waals surface area contributed by atoms with E-state index in [0.717, 1.165) is 11.3 Å². The largest absolute Gasteiger partial charge is 0.350 e. The smallest absolute Gasteiger partial charge is 0.224 e. The molecule has 1 aromatic heterocycles. The van der Waals surface area contributed by atoms with E-state index in [1.807, 2.05) is 50.4 Å². The summed E-state index contributed by atoms with van der Waals surface area (Å²) in [7, 11) is 0. The number of benzene rings is 1. The molecule has 0 aliphatic carbocycles. The Balaban J connectivity index is 1.99. The van der Waals surface area contributed by atoms with E-state index in [9.17, 15) is 4.79 Å². The van der Waals surface area contributed by atoms with Crippen LogP contribution < -0.4 is 11.1 Å². The van der Waals surface area contributed by atoms with Gasteiger partial charge >= 0.3 is 0 Å². The molecule has 1 aromatic carbocycles. The number of carbonyl (C=O) groups is 1. The summed E-state index contributed by atoms with van der Waals surface area (Å²) in [6, 6.07) is 9.64. The minimum absolute atomic E-state index is 0.0210. The lowest BCUT2D eigenvalue weighted by molar-refractivity contribution is -0.121. The first kappa shape index (κ1) is 14.3. The Morgan fingerprint density at radius 1 is 1.35 bits per heavy atom. The summed E-state index contributed by atoms with van der Waals surface area (Å²) in [4.78, 5) is 11.9. The minimum atomic E-state index is -0.369. The predicted octanol–water partition coefficient (Wildman–Crippen LogP) is 1.27. The molecule has 0 bridgehead atoms. The molecule has 0 unspecified atom stereocenters. The quantitative estimate of drug-likeness (QED) is 0.861. The van der Waals surface area contributed by atoms with Crippen LogP contribution in [0.4, 0.5) is 0 Å². The summed E-state index contributed by atoms with van der Waals surface area (Å²) in [6.45, 7) is 4.23. The van der Waals surface area contributed by atoms with Gasteiger partial charge in [0.05, 0.1) is 12.1 Å². The van der Waals surface area contributed by atoms with Crippen LogP contribution in [0.5, 0.6) is 0 Å². The first-order valence-electron chi connectivity index (χ1n) is 6.60. The van der Waals surface area contributed by atoms with Crippen LogP contribution in [-0.2, 0) is 11.2 Å². The number of nitrogens with two attached hydrogens (primary N) is 1.